The van der Waals surface area contributed by atoms with E-state index in [4.69, 9.17) is 5.11 Å². The second-order valence-corrected chi connectivity index (χ2v) is 4.64. The molecule has 1 saturated heterocycles. The molecule has 20 heavy (non-hydrogen) atoms. The molecule has 5 heteroatoms. The molecule has 0 saturated carbocycles. The van der Waals surface area contributed by atoms with Gasteiger partial charge in [0.05, 0.1) is 5.56 Å². The maximum absolute atomic E-state index is 13.7. The lowest BCUT2D eigenvalue weighted by molar-refractivity contribution is 0.0746. The molecule has 0 bridgehead atoms. The molecule has 0 radical (unpaired) electrons. The fraction of sp³-hybridized carbons (Fsp3) is 0.400. The van der Waals surface area contributed by atoms with E-state index in [1.807, 2.05) is 5.01 Å². The van der Waals surface area contributed by atoms with Crippen LogP contribution >= 0.6 is 0 Å². The van der Waals surface area contributed by atoms with E-state index in [1.165, 1.54) is 18.2 Å². The van der Waals surface area contributed by atoms with Crippen LogP contribution in [0.5, 0.6) is 0 Å². The summed E-state index contributed by atoms with van der Waals surface area (Å²) in [6.45, 7) is 1.31. The Bertz CT molecular complexity index is 543. The van der Waals surface area contributed by atoms with Crippen LogP contribution in [0.4, 0.5) is 4.39 Å². The molecular formula is C15H17FN2O2. The van der Waals surface area contributed by atoms with E-state index in [0.29, 0.717) is 5.56 Å². The van der Waals surface area contributed by atoms with Gasteiger partial charge in [-0.1, -0.05) is 18.3 Å². The Labute approximate surface area is 117 Å². The number of aliphatic hydroxyl groups excluding tert-OH is 1. The lowest BCUT2D eigenvalue weighted by Gasteiger charge is -2.26. The number of amides is 1. The number of halogens is 1. The predicted molar refractivity (Wildman–Crippen MR) is 73.3 cm³/mol. The molecule has 0 unspecified atom stereocenters. The zero-order valence-corrected chi connectivity index (χ0v) is 11.2. The molecule has 1 heterocycles. The first-order valence-electron chi connectivity index (χ1n) is 6.66. The molecule has 0 spiro atoms. The van der Waals surface area contributed by atoms with Crippen LogP contribution in [0.1, 0.15) is 35.2 Å². The Hall–Kier alpha value is -1.90. The average Bonchev–Trinajstić information content (AvgIpc) is 2.47. The monoisotopic (exact) mass is 276 g/mol. The summed E-state index contributed by atoms with van der Waals surface area (Å²) in [5.74, 6) is 4.10. The highest BCUT2D eigenvalue weighted by Gasteiger charge is 2.17. The summed E-state index contributed by atoms with van der Waals surface area (Å²) in [4.78, 5) is 12.1. The summed E-state index contributed by atoms with van der Waals surface area (Å²) in [5.41, 5.74) is 3.19. The smallest absolute Gasteiger partial charge is 0.268 e. The normalized spacial score (nSPS) is 15.3. The Kier molecular flexibility index (Phi) is 5.10. The summed E-state index contributed by atoms with van der Waals surface area (Å²) in [5, 5.41) is 10.5. The number of hydrogen-bond donors (Lipinski definition) is 2. The number of hydrazine groups is 1. The van der Waals surface area contributed by atoms with Crippen LogP contribution in [0.3, 0.4) is 0 Å². The topological polar surface area (TPSA) is 52.6 Å². The summed E-state index contributed by atoms with van der Waals surface area (Å²) >= 11 is 0. The van der Waals surface area contributed by atoms with E-state index >= 15 is 0 Å². The number of nitrogens with one attached hydrogen (secondary N) is 1. The van der Waals surface area contributed by atoms with Crippen LogP contribution in [0.25, 0.3) is 0 Å². The van der Waals surface area contributed by atoms with Gasteiger partial charge in [0.15, 0.2) is 0 Å². The van der Waals surface area contributed by atoms with Gasteiger partial charge in [-0.05, 0) is 31.0 Å². The number of rotatable bonds is 2. The summed E-state index contributed by atoms with van der Waals surface area (Å²) in [7, 11) is 0. The van der Waals surface area contributed by atoms with Crippen LogP contribution in [0.15, 0.2) is 18.2 Å². The van der Waals surface area contributed by atoms with E-state index in [1.54, 1.807) is 0 Å². The van der Waals surface area contributed by atoms with Crippen LogP contribution in [-0.2, 0) is 0 Å². The van der Waals surface area contributed by atoms with Crippen molar-refractivity contribution in [2.75, 3.05) is 19.7 Å². The largest absolute Gasteiger partial charge is 0.384 e. The molecule has 2 N–H and O–H groups in total. The number of benzene rings is 1. The van der Waals surface area contributed by atoms with Gasteiger partial charge in [-0.25, -0.2) is 9.40 Å². The van der Waals surface area contributed by atoms with E-state index in [2.05, 4.69) is 17.3 Å². The van der Waals surface area contributed by atoms with Crippen molar-refractivity contribution >= 4 is 5.91 Å². The third-order valence-corrected chi connectivity index (χ3v) is 3.14. The Morgan fingerprint density at radius 2 is 2.10 bits per heavy atom. The lowest BCUT2D eigenvalue weighted by atomic mass is 10.1. The van der Waals surface area contributed by atoms with Crippen LogP contribution < -0.4 is 5.43 Å². The van der Waals surface area contributed by atoms with E-state index in [0.717, 1.165) is 32.4 Å². The van der Waals surface area contributed by atoms with Gasteiger partial charge < -0.3 is 5.11 Å². The van der Waals surface area contributed by atoms with Crippen LogP contribution in [0.2, 0.25) is 0 Å². The number of nitrogens with zero attached hydrogens (tertiary/aromatic N) is 1. The third kappa shape index (κ3) is 3.80. The Morgan fingerprint density at radius 1 is 1.35 bits per heavy atom. The van der Waals surface area contributed by atoms with Gasteiger partial charge in [-0.3, -0.25) is 10.2 Å². The fourth-order valence-electron chi connectivity index (χ4n) is 2.13. The van der Waals surface area contributed by atoms with Gasteiger partial charge in [-0.2, -0.15) is 0 Å². The van der Waals surface area contributed by atoms with Gasteiger partial charge >= 0.3 is 0 Å². The number of carbonyl (C=O) groups is 1. The minimum absolute atomic E-state index is 0.0275. The van der Waals surface area contributed by atoms with E-state index in [-0.39, 0.29) is 12.2 Å². The molecule has 1 aromatic rings. The van der Waals surface area contributed by atoms with E-state index < -0.39 is 11.7 Å². The minimum atomic E-state index is -0.575. The molecule has 0 atom stereocenters. The molecule has 1 fully saturated rings. The highest BCUT2D eigenvalue weighted by atomic mass is 19.1. The summed E-state index contributed by atoms with van der Waals surface area (Å²) in [6, 6.07) is 4.10. The Morgan fingerprint density at radius 3 is 2.80 bits per heavy atom. The van der Waals surface area contributed by atoms with Crippen molar-refractivity contribution < 1.29 is 14.3 Å². The number of carbonyl (C=O) groups excluding carboxylic acids is 1. The molecule has 1 aliphatic heterocycles. The molecule has 2 rings (SSSR count). The lowest BCUT2D eigenvalue weighted by Crippen LogP contribution is -2.45. The van der Waals surface area contributed by atoms with Gasteiger partial charge in [-0.15, -0.1) is 0 Å². The van der Waals surface area contributed by atoms with E-state index in [9.17, 15) is 9.18 Å². The third-order valence-electron chi connectivity index (χ3n) is 3.14. The number of hydrogen-bond acceptors (Lipinski definition) is 3. The molecule has 0 aromatic heterocycles. The summed E-state index contributed by atoms with van der Waals surface area (Å²) < 4.78 is 13.7. The number of aliphatic hydroxyl groups is 1. The van der Waals surface area contributed by atoms with Crippen molar-refractivity contribution in [3.8, 4) is 11.8 Å². The molecule has 1 amide bonds. The van der Waals surface area contributed by atoms with Crippen molar-refractivity contribution in [2.45, 2.75) is 19.3 Å². The second-order valence-electron chi connectivity index (χ2n) is 4.64. The van der Waals surface area contributed by atoms with Crippen LogP contribution in [-0.4, -0.2) is 35.7 Å². The van der Waals surface area contributed by atoms with Crippen LogP contribution in [0, 0.1) is 17.7 Å². The maximum Gasteiger partial charge on any atom is 0.268 e. The molecule has 0 aliphatic carbocycles. The molecule has 4 nitrogen and oxygen atoms in total. The molecular weight excluding hydrogens is 259 g/mol. The van der Waals surface area contributed by atoms with Crippen molar-refractivity contribution in [1.29, 1.82) is 0 Å². The van der Waals surface area contributed by atoms with Gasteiger partial charge in [0.2, 0.25) is 0 Å². The van der Waals surface area contributed by atoms with Gasteiger partial charge in [0.1, 0.15) is 12.4 Å². The van der Waals surface area contributed by atoms with Crippen molar-refractivity contribution in [1.82, 2.24) is 10.4 Å². The van der Waals surface area contributed by atoms with Crippen molar-refractivity contribution in [3.63, 3.8) is 0 Å². The highest BCUT2D eigenvalue weighted by Crippen LogP contribution is 2.12. The molecule has 1 aromatic carbocycles. The van der Waals surface area contributed by atoms with Crippen molar-refractivity contribution in [2.24, 2.45) is 0 Å². The molecule has 106 valence electrons. The first-order chi connectivity index (χ1) is 9.70. The summed E-state index contributed by atoms with van der Waals surface area (Å²) in [6.07, 6.45) is 3.22. The van der Waals surface area contributed by atoms with Crippen molar-refractivity contribution in [3.05, 3.63) is 35.1 Å². The van der Waals surface area contributed by atoms with Gasteiger partial charge in [0, 0.05) is 18.7 Å². The second kappa shape index (κ2) is 7.04. The number of piperidine rings is 1. The maximum atomic E-state index is 13.7. The zero-order chi connectivity index (χ0) is 14.4. The zero-order valence-electron chi connectivity index (χ0n) is 11.2. The SMILES string of the molecule is O=C(NN1CCCCC1)c1cc(C#CCO)ccc1F. The highest BCUT2D eigenvalue weighted by molar-refractivity contribution is 5.94. The first-order valence-corrected chi connectivity index (χ1v) is 6.66. The Balaban J connectivity index is 2.11. The predicted octanol–water partition coefficient (Wildman–Crippen LogP) is 1.30. The fourth-order valence-corrected chi connectivity index (χ4v) is 2.13. The standard InChI is InChI=1S/C15H17FN2O2/c16-14-7-6-12(5-4-10-19)11-13(14)15(20)17-18-8-2-1-3-9-18/h6-7,11,19H,1-3,8-10H2,(H,17,20). The van der Waals surface area contributed by atoms with Gasteiger partial charge in [0.25, 0.3) is 5.91 Å². The average molecular weight is 276 g/mol. The first kappa shape index (κ1) is 14.5. The molecule has 1 aliphatic rings. The minimum Gasteiger partial charge on any atom is -0.384 e. The quantitative estimate of drug-likeness (QED) is 0.801.